The molecular weight excluding hydrogens is 202 g/mol. The lowest BCUT2D eigenvalue weighted by molar-refractivity contribution is 0.185. The summed E-state index contributed by atoms with van der Waals surface area (Å²) in [5.74, 6) is 1.62. The molecule has 1 aromatic rings. The van der Waals surface area contributed by atoms with Gasteiger partial charge in [-0.05, 0) is 37.3 Å². The first-order valence-electron chi connectivity index (χ1n) is 5.79. The second-order valence-corrected chi connectivity index (χ2v) is 4.37. The highest BCUT2D eigenvalue weighted by Crippen LogP contribution is 2.17. The smallest absolute Gasteiger partial charge is 0.126 e. The van der Waals surface area contributed by atoms with Crippen LogP contribution in [0.4, 0.5) is 11.5 Å². The molecule has 3 N–H and O–H groups in total. The van der Waals surface area contributed by atoms with Crippen molar-refractivity contribution in [2.24, 2.45) is 5.92 Å². The van der Waals surface area contributed by atoms with E-state index in [9.17, 15) is 0 Å². The minimum atomic E-state index is 0.711. The first-order chi connectivity index (χ1) is 7.75. The summed E-state index contributed by atoms with van der Waals surface area (Å²) in [6.07, 6.45) is 4.04. The number of aromatic nitrogens is 1. The Bertz CT molecular complexity index is 348. The van der Waals surface area contributed by atoms with Crippen LogP contribution in [0.2, 0.25) is 0 Å². The number of pyridine rings is 1. The highest BCUT2D eigenvalue weighted by molar-refractivity contribution is 5.50. The number of aryl methyl sites for hydroxylation is 1. The predicted molar refractivity (Wildman–Crippen MR) is 65.4 cm³/mol. The van der Waals surface area contributed by atoms with Crippen LogP contribution in [0.15, 0.2) is 12.3 Å². The lowest BCUT2D eigenvalue weighted by Crippen LogP contribution is -2.10. The molecule has 2 heterocycles. The van der Waals surface area contributed by atoms with Gasteiger partial charge in [-0.2, -0.15) is 0 Å². The molecule has 0 radical (unpaired) electrons. The van der Waals surface area contributed by atoms with E-state index in [4.69, 9.17) is 10.5 Å². The Hall–Kier alpha value is -1.29. The minimum Gasteiger partial charge on any atom is -0.397 e. The topological polar surface area (TPSA) is 60.2 Å². The summed E-state index contributed by atoms with van der Waals surface area (Å²) >= 11 is 0. The average molecular weight is 221 g/mol. The van der Waals surface area contributed by atoms with Crippen molar-refractivity contribution in [2.45, 2.75) is 19.8 Å². The molecule has 0 spiro atoms. The summed E-state index contributed by atoms with van der Waals surface area (Å²) in [5, 5.41) is 3.32. The van der Waals surface area contributed by atoms with Crippen LogP contribution < -0.4 is 11.1 Å². The number of hydrogen-bond acceptors (Lipinski definition) is 4. The fraction of sp³-hybridized carbons (Fsp3) is 0.583. The van der Waals surface area contributed by atoms with E-state index in [0.29, 0.717) is 5.92 Å². The van der Waals surface area contributed by atoms with E-state index in [1.807, 2.05) is 13.0 Å². The van der Waals surface area contributed by atoms with Crippen molar-refractivity contribution in [3.8, 4) is 0 Å². The van der Waals surface area contributed by atoms with Gasteiger partial charge in [0.1, 0.15) is 5.82 Å². The number of nitrogen functional groups attached to an aromatic ring is 1. The number of nitrogens with two attached hydrogens (primary N) is 1. The van der Waals surface area contributed by atoms with E-state index in [-0.39, 0.29) is 0 Å². The highest BCUT2D eigenvalue weighted by Gasteiger charge is 2.14. The molecule has 0 aromatic carbocycles. The molecule has 1 unspecified atom stereocenters. The van der Waals surface area contributed by atoms with Gasteiger partial charge in [-0.15, -0.1) is 0 Å². The zero-order chi connectivity index (χ0) is 11.4. The molecule has 2 rings (SSSR count). The molecule has 4 heteroatoms. The molecule has 1 aliphatic rings. The Morgan fingerprint density at radius 2 is 2.50 bits per heavy atom. The number of nitrogens with zero attached hydrogens (tertiary/aromatic N) is 1. The molecule has 1 aliphatic heterocycles. The number of anilines is 2. The largest absolute Gasteiger partial charge is 0.397 e. The first-order valence-corrected chi connectivity index (χ1v) is 5.79. The summed E-state index contributed by atoms with van der Waals surface area (Å²) < 4.78 is 5.33. The minimum absolute atomic E-state index is 0.711. The fourth-order valence-corrected chi connectivity index (χ4v) is 1.88. The van der Waals surface area contributed by atoms with E-state index in [1.54, 1.807) is 6.20 Å². The summed E-state index contributed by atoms with van der Waals surface area (Å²) in [7, 11) is 0. The maximum atomic E-state index is 5.71. The fourth-order valence-electron chi connectivity index (χ4n) is 1.88. The predicted octanol–water partition coefficient (Wildman–Crippen LogP) is 1.81. The zero-order valence-corrected chi connectivity index (χ0v) is 9.70. The van der Waals surface area contributed by atoms with Crippen molar-refractivity contribution in [3.63, 3.8) is 0 Å². The summed E-state index contributed by atoms with van der Waals surface area (Å²) in [6, 6.07) is 1.99. The maximum Gasteiger partial charge on any atom is 0.126 e. The molecule has 1 atom stereocenters. The molecule has 1 fully saturated rings. The van der Waals surface area contributed by atoms with E-state index in [2.05, 4.69) is 10.3 Å². The molecule has 1 aromatic heterocycles. The molecule has 0 aliphatic carbocycles. The molecular formula is C12H19N3O. The molecule has 16 heavy (non-hydrogen) atoms. The standard InChI is InChI=1S/C12H19N3O/c1-9-6-12(15-7-11(9)13)14-4-2-10-3-5-16-8-10/h6-7,10H,2-5,8,13H2,1H3,(H,14,15). The lowest BCUT2D eigenvalue weighted by atomic mass is 10.1. The van der Waals surface area contributed by atoms with Crippen LogP contribution in [0.25, 0.3) is 0 Å². The van der Waals surface area contributed by atoms with Gasteiger partial charge >= 0.3 is 0 Å². The Morgan fingerprint density at radius 3 is 3.19 bits per heavy atom. The van der Waals surface area contributed by atoms with Gasteiger partial charge in [-0.25, -0.2) is 4.98 Å². The van der Waals surface area contributed by atoms with Gasteiger partial charge in [0.25, 0.3) is 0 Å². The van der Waals surface area contributed by atoms with Gasteiger partial charge in [-0.1, -0.05) is 0 Å². The van der Waals surface area contributed by atoms with Crippen molar-refractivity contribution >= 4 is 11.5 Å². The van der Waals surface area contributed by atoms with Crippen molar-refractivity contribution in [1.82, 2.24) is 4.98 Å². The van der Waals surface area contributed by atoms with Gasteiger partial charge in [0, 0.05) is 19.8 Å². The van der Waals surface area contributed by atoms with Crippen LogP contribution in [-0.4, -0.2) is 24.7 Å². The summed E-state index contributed by atoms with van der Waals surface area (Å²) in [5.41, 5.74) is 7.53. The van der Waals surface area contributed by atoms with Crippen LogP contribution in [-0.2, 0) is 4.74 Å². The van der Waals surface area contributed by atoms with Crippen molar-refractivity contribution in [3.05, 3.63) is 17.8 Å². The first kappa shape index (κ1) is 11.2. The van der Waals surface area contributed by atoms with E-state index >= 15 is 0 Å². The molecule has 0 amide bonds. The normalized spacial score (nSPS) is 19.9. The molecule has 0 bridgehead atoms. The number of ether oxygens (including phenoxy) is 1. The third-order valence-corrected chi connectivity index (χ3v) is 3.03. The molecule has 0 saturated carbocycles. The van der Waals surface area contributed by atoms with Crippen LogP contribution in [0.5, 0.6) is 0 Å². The summed E-state index contributed by atoms with van der Waals surface area (Å²) in [6.45, 7) is 4.77. The van der Waals surface area contributed by atoms with Crippen LogP contribution in [0.1, 0.15) is 18.4 Å². The zero-order valence-electron chi connectivity index (χ0n) is 9.70. The van der Waals surface area contributed by atoms with Gasteiger partial charge < -0.3 is 15.8 Å². The monoisotopic (exact) mass is 221 g/mol. The van der Waals surface area contributed by atoms with Gasteiger partial charge in [0.15, 0.2) is 0 Å². The second-order valence-electron chi connectivity index (χ2n) is 4.37. The molecule has 88 valence electrons. The van der Waals surface area contributed by atoms with Gasteiger partial charge in [-0.3, -0.25) is 0 Å². The molecule has 1 saturated heterocycles. The third kappa shape index (κ3) is 2.85. The van der Waals surface area contributed by atoms with Crippen LogP contribution >= 0.6 is 0 Å². The van der Waals surface area contributed by atoms with Gasteiger partial charge in [0.2, 0.25) is 0 Å². The van der Waals surface area contributed by atoms with Crippen molar-refractivity contribution in [1.29, 1.82) is 0 Å². The Morgan fingerprint density at radius 1 is 1.62 bits per heavy atom. The quantitative estimate of drug-likeness (QED) is 0.814. The average Bonchev–Trinajstić information content (AvgIpc) is 2.76. The maximum absolute atomic E-state index is 5.71. The van der Waals surface area contributed by atoms with E-state index < -0.39 is 0 Å². The van der Waals surface area contributed by atoms with Crippen molar-refractivity contribution in [2.75, 3.05) is 30.8 Å². The Labute approximate surface area is 96.2 Å². The number of rotatable bonds is 4. The highest BCUT2D eigenvalue weighted by atomic mass is 16.5. The second kappa shape index (κ2) is 5.16. The Balaban J connectivity index is 1.78. The lowest BCUT2D eigenvalue weighted by Gasteiger charge is -2.10. The third-order valence-electron chi connectivity index (χ3n) is 3.03. The van der Waals surface area contributed by atoms with Crippen molar-refractivity contribution < 1.29 is 4.74 Å². The number of hydrogen-bond donors (Lipinski definition) is 2. The van der Waals surface area contributed by atoms with E-state index in [1.165, 1.54) is 6.42 Å². The van der Waals surface area contributed by atoms with Gasteiger partial charge in [0.05, 0.1) is 11.9 Å². The SMILES string of the molecule is Cc1cc(NCCC2CCOC2)ncc1N. The van der Waals surface area contributed by atoms with Crippen LogP contribution in [0, 0.1) is 12.8 Å². The number of nitrogens with one attached hydrogen (secondary N) is 1. The van der Waals surface area contributed by atoms with E-state index in [0.717, 1.165) is 43.2 Å². The summed E-state index contributed by atoms with van der Waals surface area (Å²) in [4.78, 5) is 4.24. The van der Waals surface area contributed by atoms with Crippen LogP contribution in [0.3, 0.4) is 0 Å². The Kier molecular flexibility index (Phi) is 3.62. The molecule has 4 nitrogen and oxygen atoms in total.